The highest BCUT2D eigenvalue weighted by Gasteiger charge is 2.24. The standard InChI is InChI=1S/C56H105NO5/c1-4-7-10-13-16-19-22-25-26-27-28-31-33-36-39-42-45-48-54(59)53(51-58)57-55(60)50-52(47-44-41-38-35-32-29-23-20-17-14-11-8-5-2)62-56(61)49-46-43-40-37-34-30-24-21-18-15-12-9-6-3/h8,11,14,17,20,23,52-54,58-59H,4-7,9-10,12-13,15-16,18-19,21-22,24-51H2,1-3H3,(H,57,60)/b11-8+,17-14+,23-20+. The van der Waals surface area contributed by atoms with E-state index in [4.69, 9.17) is 4.74 Å². The van der Waals surface area contributed by atoms with Crippen LogP contribution in [0.5, 0.6) is 0 Å². The molecule has 3 atom stereocenters. The Hall–Kier alpha value is -1.92. The molecule has 0 radical (unpaired) electrons. The van der Waals surface area contributed by atoms with Crippen molar-refractivity contribution in [3.63, 3.8) is 0 Å². The van der Waals surface area contributed by atoms with Crippen LogP contribution >= 0.6 is 0 Å². The molecule has 1 amide bonds. The fourth-order valence-corrected chi connectivity index (χ4v) is 8.43. The third kappa shape index (κ3) is 44.7. The van der Waals surface area contributed by atoms with Crippen LogP contribution in [0, 0.1) is 0 Å². The van der Waals surface area contributed by atoms with E-state index in [2.05, 4.69) is 62.5 Å². The molecule has 0 aliphatic carbocycles. The molecule has 0 aliphatic heterocycles. The van der Waals surface area contributed by atoms with E-state index in [1.807, 2.05) is 0 Å². The Morgan fingerprint density at radius 1 is 0.484 bits per heavy atom. The number of esters is 1. The van der Waals surface area contributed by atoms with Crippen molar-refractivity contribution in [3.05, 3.63) is 36.5 Å². The summed E-state index contributed by atoms with van der Waals surface area (Å²) in [7, 11) is 0. The van der Waals surface area contributed by atoms with Gasteiger partial charge in [0, 0.05) is 6.42 Å². The third-order valence-electron chi connectivity index (χ3n) is 12.5. The van der Waals surface area contributed by atoms with Crippen LogP contribution in [0.4, 0.5) is 0 Å². The molecule has 3 N–H and O–H groups in total. The van der Waals surface area contributed by atoms with Gasteiger partial charge in [-0.15, -0.1) is 0 Å². The molecule has 6 nitrogen and oxygen atoms in total. The average molecular weight is 872 g/mol. The number of rotatable bonds is 49. The molecule has 0 aromatic heterocycles. The first-order chi connectivity index (χ1) is 30.5. The Kier molecular flexibility index (Phi) is 48.5. The highest BCUT2D eigenvalue weighted by Crippen LogP contribution is 2.18. The van der Waals surface area contributed by atoms with E-state index in [-0.39, 0.29) is 24.9 Å². The number of carbonyl (C=O) groups excluding carboxylic acids is 2. The maximum absolute atomic E-state index is 13.2. The van der Waals surface area contributed by atoms with Crippen LogP contribution in [0.15, 0.2) is 36.5 Å². The molecule has 0 heterocycles. The van der Waals surface area contributed by atoms with Gasteiger partial charge in [-0.25, -0.2) is 0 Å². The van der Waals surface area contributed by atoms with Crippen LogP contribution in [0.1, 0.15) is 284 Å². The van der Waals surface area contributed by atoms with E-state index in [1.165, 1.54) is 161 Å². The van der Waals surface area contributed by atoms with Crippen molar-refractivity contribution in [1.29, 1.82) is 0 Å². The number of aliphatic hydroxyl groups is 2. The lowest BCUT2D eigenvalue weighted by molar-refractivity contribution is -0.151. The first-order valence-electron chi connectivity index (χ1n) is 27.2. The topological polar surface area (TPSA) is 95.9 Å². The van der Waals surface area contributed by atoms with E-state index in [1.54, 1.807) is 0 Å². The summed E-state index contributed by atoms with van der Waals surface area (Å²) in [5, 5.41) is 23.8. The lowest BCUT2D eigenvalue weighted by Crippen LogP contribution is -2.46. The number of hydrogen-bond donors (Lipinski definition) is 3. The minimum absolute atomic E-state index is 0.0679. The Balaban J connectivity index is 4.50. The SMILES string of the molecule is CC/C=C/C=C/C=C/CCCCCCCC(CC(=O)NC(CO)C(O)CCCCCCCCCCCCCCCCCCC)OC(=O)CCCCCCCCCCCCCCC. The molecule has 0 spiro atoms. The number of aliphatic hydroxyl groups excluding tert-OH is 2. The van der Waals surface area contributed by atoms with Crippen LogP contribution in [0.2, 0.25) is 0 Å². The summed E-state index contributed by atoms with van der Waals surface area (Å²) in [6.45, 7) is 6.37. The summed E-state index contributed by atoms with van der Waals surface area (Å²) in [6, 6.07) is -0.706. The summed E-state index contributed by atoms with van der Waals surface area (Å²) in [5.41, 5.74) is 0. The molecule has 364 valence electrons. The Bertz CT molecular complexity index is 1020. The Labute approximate surface area is 385 Å². The number of amides is 1. The second-order valence-electron chi connectivity index (χ2n) is 18.7. The fraction of sp³-hybridized carbons (Fsp3) is 0.857. The summed E-state index contributed by atoms with van der Waals surface area (Å²) < 4.78 is 5.93. The van der Waals surface area contributed by atoms with Crippen molar-refractivity contribution in [2.75, 3.05) is 6.61 Å². The molecular formula is C56H105NO5. The van der Waals surface area contributed by atoms with Gasteiger partial charge in [-0.05, 0) is 44.9 Å². The molecular weight excluding hydrogens is 767 g/mol. The zero-order valence-electron chi connectivity index (χ0n) is 41.5. The highest BCUT2D eigenvalue weighted by molar-refractivity contribution is 5.77. The van der Waals surface area contributed by atoms with Crippen molar-refractivity contribution < 1.29 is 24.5 Å². The monoisotopic (exact) mass is 872 g/mol. The molecule has 0 fully saturated rings. The van der Waals surface area contributed by atoms with Gasteiger partial charge in [0.25, 0.3) is 0 Å². The molecule has 0 bridgehead atoms. The third-order valence-corrected chi connectivity index (χ3v) is 12.5. The molecule has 0 saturated heterocycles. The lowest BCUT2D eigenvalue weighted by atomic mass is 10.0. The van der Waals surface area contributed by atoms with Gasteiger partial charge >= 0.3 is 5.97 Å². The van der Waals surface area contributed by atoms with Gasteiger partial charge in [-0.1, -0.05) is 263 Å². The highest BCUT2D eigenvalue weighted by atomic mass is 16.5. The van der Waals surface area contributed by atoms with Crippen LogP contribution in [-0.4, -0.2) is 46.9 Å². The number of ether oxygens (including phenoxy) is 1. The molecule has 6 heteroatoms. The van der Waals surface area contributed by atoms with E-state index in [9.17, 15) is 19.8 Å². The summed E-state index contributed by atoms with van der Waals surface area (Å²) in [5.74, 6) is -0.482. The first-order valence-corrected chi connectivity index (χ1v) is 27.2. The zero-order valence-corrected chi connectivity index (χ0v) is 41.5. The van der Waals surface area contributed by atoms with Gasteiger partial charge in [-0.3, -0.25) is 9.59 Å². The van der Waals surface area contributed by atoms with Crippen molar-refractivity contribution in [2.45, 2.75) is 302 Å². The molecule has 0 saturated carbocycles. The van der Waals surface area contributed by atoms with Crippen LogP contribution in [0.3, 0.4) is 0 Å². The quantitative estimate of drug-likeness (QED) is 0.0321. The zero-order chi connectivity index (χ0) is 45.2. The lowest BCUT2D eigenvalue weighted by Gasteiger charge is -2.24. The second-order valence-corrected chi connectivity index (χ2v) is 18.7. The van der Waals surface area contributed by atoms with Crippen LogP contribution < -0.4 is 5.32 Å². The summed E-state index contributed by atoms with van der Waals surface area (Å²) in [4.78, 5) is 26.2. The second kappa shape index (κ2) is 50.1. The number of carbonyl (C=O) groups is 2. The van der Waals surface area contributed by atoms with Gasteiger partial charge in [0.2, 0.25) is 5.91 Å². The predicted molar refractivity (Wildman–Crippen MR) is 269 cm³/mol. The predicted octanol–water partition coefficient (Wildman–Crippen LogP) is 16.5. The van der Waals surface area contributed by atoms with Gasteiger partial charge in [0.15, 0.2) is 0 Å². The van der Waals surface area contributed by atoms with Crippen LogP contribution in [0.25, 0.3) is 0 Å². The Morgan fingerprint density at radius 3 is 1.31 bits per heavy atom. The van der Waals surface area contributed by atoms with Gasteiger partial charge in [0.1, 0.15) is 6.10 Å². The van der Waals surface area contributed by atoms with E-state index in [0.717, 1.165) is 77.0 Å². The number of unbranched alkanes of at least 4 members (excludes halogenated alkanes) is 33. The van der Waals surface area contributed by atoms with Crippen molar-refractivity contribution in [2.24, 2.45) is 0 Å². The smallest absolute Gasteiger partial charge is 0.306 e. The summed E-state index contributed by atoms with van der Waals surface area (Å²) in [6.07, 6.45) is 59.2. The van der Waals surface area contributed by atoms with E-state index < -0.39 is 18.2 Å². The van der Waals surface area contributed by atoms with Crippen molar-refractivity contribution in [1.82, 2.24) is 5.32 Å². The minimum Gasteiger partial charge on any atom is -0.462 e. The normalized spacial score (nSPS) is 13.4. The van der Waals surface area contributed by atoms with Gasteiger partial charge < -0.3 is 20.3 Å². The van der Waals surface area contributed by atoms with Crippen molar-refractivity contribution in [3.8, 4) is 0 Å². The molecule has 62 heavy (non-hydrogen) atoms. The average Bonchev–Trinajstić information content (AvgIpc) is 3.26. The first kappa shape index (κ1) is 60.1. The fourth-order valence-electron chi connectivity index (χ4n) is 8.43. The summed E-state index contributed by atoms with van der Waals surface area (Å²) >= 11 is 0. The maximum Gasteiger partial charge on any atom is 0.306 e. The maximum atomic E-state index is 13.2. The van der Waals surface area contributed by atoms with E-state index >= 15 is 0 Å². The number of nitrogens with one attached hydrogen (secondary N) is 1. The molecule has 0 aliphatic rings. The molecule has 3 unspecified atom stereocenters. The Morgan fingerprint density at radius 2 is 0.871 bits per heavy atom. The molecule has 0 aromatic carbocycles. The van der Waals surface area contributed by atoms with Gasteiger partial charge in [-0.2, -0.15) is 0 Å². The van der Waals surface area contributed by atoms with Crippen molar-refractivity contribution >= 4 is 11.9 Å². The minimum atomic E-state index is -0.791. The number of allylic oxidation sites excluding steroid dienone is 6. The molecule has 0 aromatic rings. The van der Waals surface area contributed by atoms with E-state index in [0.29, 0.717) is 19.3 Å². The molecule has 0 rings (SSSR count). The largest absolute Gasteiger partial charge is 0.462 e. The van der Waals surface area contributed by atoms with Crippen LogP contribution in [-0.2, 0) is 14.3 Å². The number of hydrogen-bond acceptors (Lipinski definition) is 5. The van der Waals surface area contributed by atoms with Gasteiger partial charge in [0.05, 0.1) is 25.2 Å².